The molecule has 3 heteroatoms. The van der Waals surface area contributed by atoms with E-state index in [1.165, 1.54) is 23.3 Å². The predicted octanol–water partition coefficient (Wildman–Crippen LogP) is 3.44. The number of nitrogen functional groups attached to an aromatic ring is 1. The molecule has 1 aliphatic rings. The first-order chi connectivity index (χ1) is 7.41. The number of anilines is 1. The zero-order valence-corrected chi connectivity index (χ0v) is 11.0. The molecule has 1 aromatic heterocycles. The third-order valence-electron chi connectivity index (χ3n) is 3.11. The molecular formula is C13H19NOS. The molecule has 0 amide bonds. The Morgan fingerprint density at radius 1 is 1.25 bits per heavy atom. The zero-order chi connectivity index (χ0) is 11.9. The Bertz CT molecular complexity index is 426. The summed E-state index contributed by atoms with van der Waals surface area (Å²) >= 11 is 1.62. The number of aryl methyl sites for hydroxylation is 1. The van der Waals surface area contributed by atoms with Gasteiger partial charge >= 0.3 is 0 Å². The highest BCUT2D eigenvalue weighted by Crippen LogP contribution is 2.39. The molecule has 1 aliphatic carbocycles. The minimum absolute atomic E-state index is 0.199. The smallest absolute Gasteiger partial charge is 0.171 e. The van der Waals surface area contributed by atoms with E-state index in [0.29, 0.717) is 0 Å². The van der Waals surface area contributed by atoms with Crippen LogP contribution in [0.25, 0.3) is 0 Å². The molecule has 0 radical (unpaired) electrons. The normalized spacial score (nSPS) is 15.9. The molecule has 16 heavy (non-hydrogen) atoms. The van der Waals surface area contributed by atoms with Gasteiger partial charge in [-0.2, -0.15) is 0 Å². The minimum atomic E-state index is -0.333. The van der Waals surface area contributed by atoms with E-state index in [1.54, 1.807) is 11.3 Å². The first-order valence-corrected chi connectivity index (χ1v) is 6.67. The van der Waals surface area contributed by atoms with Crippen LogP contribution in [-0.4, -0.2) is 5.78 Å². The molecule has 88 valence electrons. The number of fused-ring (bicyclic) bond motifs is 1. The van der Waals surface area contributed by atoms with Crippen molar-refractivity contribution in [3.05, 3.63) is 16.0 Å². The Morgan fingerprint density at radius 3 is 2.50 bits per heavy atom. The van der Waals surface area contributed by atoms with Crippen molar-refractivity contribution in [2.45, 2.75) is 46.5 Å². The summed E-state index contributed by atoms with van der Waals surface area (Å²) in [7, 11) is 0. The lowest BCUT2D eigenvalue weighted by molar-refractivity contribution is 0.0858. The molecule has 0 saturated heterocycles. The van der Waals surface area contributed by atoms with Crippen molar-refractivity contribution in [1.82, 2.24) is 0 Å². The average molecular weight is 237 g/mol. The van der Waals surface area contributed by atoms with Gasteiger partial charge in [0.05, 0.1) is 10.6 Å². The van der Waals surface area contributed by atoms with Crippen LogP contribution in [0.5, 0.6) is 0 Å². The van der Waals surface area contributed by atoms with E-state index in [9.17, 15) is 4.79 Å². The van der Waals surface area contributed by atoms with Crippen LogP contribution in [0, 0.1) is 5.41 Å². The fourth-order valence-electron chi connectivity index (χ4n) is 2.21. The maximum Gasteiger partial charge on any atom is 0.171 e. The number of nitrogens with two attached hydrogens (primary N) is 1. The highest BCUT2D eigenvalue weighted by molar-refractivity contribution is 7.16. The predicted molar refractivity (Wildman–Crippen MR) is 69.2 cm³/mol. The van der Waals surface area contributed by atoms with Crippen LogP contribution >= 0.6 is 11.3 Å². The highest BCUT2D eigenvalue weighted by atomic mass is 32.1. The van der Waals surface area contributed by atoms with E-state index < -0.39 is 0 Å². The Balaban J connectivity index is 2.48. The van der Waals surface area contributed by atoms with Gasteiger partial charge in [0, 0.05) is 10.3 Å². The summed E-state index contributed by atoms with van der Waals surface area (Å²) in [5, 5.41) is 0.729. The van der Waals surface area contributed by atoms with Gasteiger partial charge in [0.25, 0.3) is 0 Å². The molecule has 0 atom stereocenters. The van der Waals surface area contributed by atoms with E-state index in [0.717, 1.165) is 23.4 Å². The molecule has 2 N–H and O–H groups in total. The SMILES string of the molecule is CC(C)(C)C(=O)c1c(N)sc2c1CCCC2. The Hall–Kier alpha value is -0.830. The van der Waals surface area contributed by atoms with Crippen molar-refractivity contribution in [3.8, 4) is 0 Å². The van der Waals surface area contributed by atoms with E-state index in [1.807, 2.05) is 20.8 Å². The van der Waals surface area contributed by atoms with Crippen LogP contribution in [0.4, 0.5) is 5.00 Å². The summed E-state index contributed by atoms with van der Waals surface area (Å²) in [5.74, 6) is 0.199. The largest absolute Gasteiger partial charge is 0.390 e. The molecule has 0 spiro atoms. The summed E-state index contributed by atoms with van der Waals surface area (Å²) in [4.78, 5) is 13.7. The van der Waals surface area contributed by atoms with Crippen molar-refractivity contribution in [2.24, 2.45) is 5.41 Å². The van der Waals surface area contributed by atoms with Gasteiger partial charge in [-0.3, -0.25) is 4.79 Å². The number of carbonyl (C=O) groups excluding carboxylic acids is 1. The molecule has 2 rings (SSSR count). The second-order valence-electron chi connectivity index (χ2n) is 5.53. The lowest BCUT2D eigenvalue weighted by atomic mass is 9.83. The summed E-state index contributed by atoms with van der Waals surface area (Å²) in [6.07, 6.45) is 4.55. The third kappa shape index (κ3) is 1.88. The first-order valence-electron chi connectivity index (χ1n) is 5.86. The van der Waals surface area contributed by atoms with E-state index in [-0.39, 0.29) is 11.2 Å². The fourth-order valence-corrected chi connectivity index (χ4v) is 3.37. The molecule has 0 aromatic carbocycles. The quantitative estimate of drug-likeness (QED) is 0.760. The van der Waals surface area contributed by atoms with Crippen molar-refractivity contribution in [2.75, 3.05) is 5.73 Å². The number of Topliss-reactive ketones (excluding diaryl/α,β-unsaturated/α-hetero) is 1. The first kappa shape index (κ1) is 11.6. The van der Waals surface area contributed by atoms with Gasteiger partial charge in [-0.1, -0.05) is 20.8 Å². The molecule has 0 aliphatic heterocycles. The van der Waals surface area contributed by atoms with Crippen LogP contribution in [0.1, 0.15) is 54.4 Å². The number of ketones is 1. The van der Waals surface area contributed by atoms with Crippen LogP contribution in [0.15, 0.2) is 0 Å². The number of carbonyl (C=O) groups is 1. The molecule has 2 nitrogen and oxygen atoms in total. The summed E-state index contributed by atoms with van der Waals surface area (Å²) in [6, 6.07) is 0. The van der Waals surface area contributed by atoms with Gasteiger partial charge in [0.15, 0.2) is 5.78 Å². The molecule has 1 heterocycles. The number of rotatable bonds is 1. The molecule has 0 fully saturated rings. The third-order valence-corrected chi connectivity index (χ3v) is 4.23. The van der Waals surface area contributed by atoms with Crippen molar-refractivity contribution in [1.29, 1.82) is 0 Å². The Kier molecular flexibility index (Phi) is 2.82. The number of hydrogen-bond acceptors (Lipinski definition) is 3. The second-order valence-corrected chi connectivity index (χ2v) is 6.67. The van der Waals surface area contributed by atoms with Gasteiger partial charge in [-0.25, -0.2) is 0 Å². The van der Waals surface area contributed by atoms with Crippen molar-refractivity contribution < 1.29 is 4.79 Å². The molecule has 0 unspecified atom stereocenters. The van der Waals surface area contributed by atoms with Gasteiger partial charge < -0.3 is 5.73 Å². The average Bonchev–Trinajstić information content (AvgIpc) is 2.51. The van der Waals surface area contributed by atoms with Gasteiger partial charge in [0.1, 0.15) is 0 Å². The monoisotopic (exact) mass is 237 g/mol. The summed E-state index contributed by atoms with van der Waals surface area (Å²) < 4.78 is 0. The molecule has 0 saturated carbocycles. The number of hydrogen-bond donors (Lipinski definition) is 1. The lowest BCUT2D eigenvalue weighted by Gasteiger charge is -2.19. The van der Waals surface area contributed by atoms with Crippen LogP contribution in [0.2, 0.25) is 0 Å². The molecule has 1 aromatic rings. The van der Waals surface area contributed by atoms with Gasteiger partial charge in [0.2, 0.25) is 0 Å². The summed E-state index contributed by atoms with van der Waals surface area (Å²) in [5.41, 5.74) is 7.75. The zero-order valence-electron chi connectivity index (χ0n) is 10.2. The topological polar surface area (TPSA) is 43.1 Å². The van der Waals surface area contributed by atoms with Gasteiger partial charge in [-0.15, -0.1) is 11.3 Å². The summed E-state index contributed by atoms with van der Waals surface area (Å²) in [6.45, 7) is 5.88. The molecule has 0 bridgehead atoms. The highest BCUT2D eigenvalue weighted by Gasteiger charge is 2.30. The minimum Gasteiger partial charge on any atom is -0.390 e. The standard InChI is InChI=1S/C13H19NOS/c1-13(2,3)11(15)10-8-6-4-5-7-9(8)16-12(10)14/h4-7,14H2,1-3H3. The lowest BCUT2D eigenvalue weighted by Crippen LogP contribution is -2.22. The van der Waals surface area contributed by atoms with E-state index in [2.05, 4.69) is 0 Å². The second kappa shape index (κ2) is 3.88. The Labute approximate surface area is 101 Å². The van der Waals surface area contributed by atoms with Gasteiger partial charge in [-0.05, 0) is 31.2 Å². The van der Waals surface area contributed by atoms with E-state index >= 15 is 0 Å². The maximum atomic E-state index is 12.3. The van der Waals surface area contributed by atoms with Crippen molar-refractivity contribution >= 4 is 22.1 Å². The van der Waals surface area contributed by atoms with Crippen molar-refractivity contribution in [3.63, 3.8) is 0 Å². The number of thiophene rings is 1. The maximum absolute atomic E-state index is 12.3. The molecular weight excluding hydrogens is 218 g/mol. The van der Waals surface area contributed by atoms with Crippen LogP contribution in [0.3, 0.4) is 0 Å². The fraction of sp³-hybridized carbons (Fsp3) is 0.615. The van der Waals surface area contributed by atoms with E-state index in [4.69, 9.17) is 5.73 Å². The Morgan fingerprint density at radius 2 is 1.88 bits per heavy atom. The van der Waals surface area contributed by atoms with Crippen LogP contribution < -0.4 is 5.73 Å². The van der Waals surface area contributed by atoms with Crippen LogP contribution in [-0.2, 0) is 12.8 Å².